The average molecular weight is 319 g/mol. The van der Waals surface area contributed by atoms with E-state index >= 15 is 0 Å². The van der Waals surface area contributed by atoms with Crippen LogP contribution in [0.1, 0.15) is 6.42 Å². The summed E-state index contributed by atoms with van der Waals surface area (Å²) in [6.07, 6.45) is 0.465. The largest absolute Gasteiger partial charge is 0.338 e. The summed E-state index contributed by atoms with van der Waals surface area (Å²) in [4.78, 5) is 39.2. The molecule has 116 valence electrons. The third-order valence-electron chi connectivity index (χ3n) is 3.79. The van der Waals surface area contributed by atoms with Gasteiger partial charge in [-0.15, -0.1) is 11.8 Å². The predicted octanol–water partition coefficient (Wildman–Crippen LogP) is 0.931. The highest BCUT2D eigenvalue weighted by Gasteiger charge is 2.42. The number of urea groups is 1. The minimum absolute atomic E-state index is 0.0665. The van der Waals surface area contributed by atoms with E-state index in [2.05, 4.69) is 5.32 Å². The second-order valence-corrected chi connectivity index (χ2v) is 6.45. The zero-order valence-corrected chi connectivity index (χ0v) is 12.8. The molecule has 2 heterocycles. The van der Waals surface area contributed by atoms with Gasteiger partial charge in [0.2, 0.25) is 11.8 Å². The van der Waals surface area contributed by atoms with Crippen LogP contribution in [0.2, 0.25) is 0 Å². The lowest BCUT2D eigenvalue weighted by Crippen LogP contribution is -2.62. The second-order valence-electron chi connectivity index (χ2n) is 5.29. The van der Waals surface area contributed by atoms with Gasteiger partial charge >= 0.3 is 6.03 Å². The molecule has 0 radical (unpaired) electrons. The highest BCUT2D eigenvalue weighted by atomic mass is 32.2. The van der Waals surface area contributed by atoms with Gasteiger partial charge in [-0.05, 0) is 12.1 Å². The van der Waals surface area contributed by atoms with Crippen LogP contribution in [0.25, 0.3) is 0 Å². The predicted molar refractivity (Wildman–Crippen MR) is 82.4 cm³/mol. The van der Waals surface area contributed by atoms with Crippen molar-refractivity contribution in [1.82, 2.24) is 15.1 Å². The van der Waals surface area contributed by atoms with Gasteiger partial charge in [0.1, 0.15) is 0 Å². The van der Waals surface area contributed by atoms with Gasteiger partial charge in [0, 0.05) is 30.2 Å². The maximum atomic E-state index is 12.0. The molecular formula is C15H17N3O3S. The number of hydrogen-bond acceptors (Lipinski definition) is 4. The molecule has 2 aliphatic rings. The number of nitrogens with one attached hydrogen (secondary N) is 1. The van der Waals surface area contributed by atoms with Crippen LogP contribution in [0.15, 0.2) is 35.2 Å². The first-order valence-corrected chi connectivity index (χ1v) is 8.19. The number of carbonyl (C=O) groups excluding carboxylic acids is 3. The maximum absolute atomic E-state index is 12.0. The quantitative estimate of drug-likeness (QED) is 0.647. The SMILES string of the molecule is O=C(CCSc1ccccc1)N1CC(N2C(=O)CNC2=O)C1. The monoisotopic (exact) mass is 319 g/mol. The van der Waals surface area contributed by atoms with Crippen molar-refractivity contribution < 1.29 is 14.4 Å². The molecule has 2 saturated heterocycles. The lowest BCUT2D eigenvalue weighted by molar-refractivity contribution is -0.141. The van der Waals surface area contributed by atoms with E-state index in [9.17, 15) is 14.4 Å². The van der Waals surface area contributed by atoms with Gasteiger partial charge in [0.05, 0.1) is 12.6 Å². The fraction of sp³-hybridized carbons (Fsp3) is 0.400. The molecule has 0 aliphatic carbocycles. The number of likely N-dealkylation sites (tertiary alicyclic amines) is 1. The molecule has 0 spiro atoms. The molecule has 22 heavy (non-hydrogen) atoms. The molecule has 0 unspecified atom stereocenters. The molecule has 7 heteroatoms. The Morgan fingerprint density at radius 2 is 1.95 bits per heavy atom. The van der Waals surface area contributed by atoms with E-state index in [1.165, 1.54) is 4.90 Å². The molecule has 0 bridgehead atoms. The minimum Gasteiger partial charge on any atom is -0.338 e. The molecule has 0 aromatic heterocycles. The summed E-state index contributed by atoms with van der Waals surface area (Å²) in [5.74, 6) is 0.598. The van der Waals surface area contributed by atoms with E-state index in [4.69, 9.17) is 0 Å². The zero-order valence-electron chi connectivity index (χ0n) is 12.0. The van der Waals surface area contributed by atoms with E-state index in [0.29, 0.717) is 19.5 Å². The Balaban J connectivity index is 1.40. The fourth-order valence-electron chi connectivity index (χ4n) is 2.56. The van der Waals surface area contributed by atoms with E-state index in [1.807, 2.05) is 30.3 Å². The van der Waals surface area contributed by atoms with Crippen LogP contribution in [0.4, 0.5) is 4.79 Å². The van der Waals surface area contributed by atoms with Gasteiger partial charge < -0.3 is 10.2 Å². The van der Waals surface area contributed by atoms with Crippen molar-refractivity contribution in [2.75, 3.05) is 25.4 Å². The third kappa shape index (κ3) is 3.09. The number of imide groups is 1. The van der Waals surface area contributed by atoms with Crippen molar-refractivity contribution in [3.8, 4) is 0 Å². The molecule has 1 N–H and O–H groups in total. The highest BCUT2D eigenvalue weighted by molar-refractivity contribution is 7.99. The number of benzene rings is 1. The van der Waals surface area contributed by atoms with Gasteiger partial charge in [-0.1, -0.05) is 18.2 Å². The molecule has 2 aliphatic heterocycles. The molecule has 6 nitrogen and oxygen atoms in total. The topological polar surface area (TPSA) is 69.7 Å². The summed E-state index contributed by atoms with van der Waals surface area (Å²) in [6, 6.07) is 9.44. The van der Waals surface area contributed by atoms with Crippen molar-refractivity contribution in [2.45, 2.75) is 17.4 Å². The first-order valence-electron chi connectivity index (χ1n) is 7.20. The summed E-state index contributed by atoms with van der Waals surface area (Å²) < 4.78 is 0. The molecular weight excluding hydrogens is 302 g/mol. The van der Waals surface area contributed by atoms with E-state index in [1.54, 1.807) is 16.7 Å². The lowest BCUT2D eigenvalue weighted by Gasteiger charge is -2.42. The number of rotatable bonds is 5. The minimum atomic E-state index is -0.346. The second kappa shape index (κ2) is 6.39. The summed E-state index contributed by atoms with van der Waals surface area (Å²) in [6.45, 7) is 0.971. The van der Waals surface area contributed by atoms with Crippen LogP contribution < -0.4 is 5.32 Å². The van der Waals surface area contributed by atoms with Crippen LogP contribution in [-0.2, 0) is 9.59 Å². The molecule has 4 amide bonds. The standard InChI is InChI=1S/C15H17N3O3S/c19-13(6-7-22-12-4-2-1-3-5-12)17-9-11(10-17)18-14(20)8-16-15(18)21/h1-5,11H,6-10H2,(H,16,21). The van der Waals surface area contributed by atoms with Gasteiger partial charge in [0.25, 0.3) is 0 Å². The smallest absolute Gasteiger partial charge is 0.324 e. The molecule has 3 rings (SSSR count). The summed E-state index contributed by atoms with van der Waals surface area (Å²) in [7, 11) is 0. The van der Waals surface area contributed by atoms with Gasteiger partial charge in [0.15, 0.2) is 0 Å². The summed E-state index contributed by atoms with van der Waals surface area (Å²) >= 11 is 1.65. The highest BCUT2D eigenvalue weighted by Crippen LogP contribution is 2.21. The molecule has 1 aromatic carbocycles. The fourth-order valence-corrected chi connectivity index (χ4v) is 3.42. The van der Waals surface area contributed by atoms with Crippen molar-refractivity contribution in [3.63, 3.8) is 0 Å². The number of carbonyl (C=O) groups is 3. The Labute approximate surface area is 132 Å². The van der Waals surface area contributed by atoms with Crippen molar-refractivity contribution in [2.24, 2.45) is 0 Å². The molecule has 1 aromatic rings. The van der Waals surface area contributed by atoms with Crippen molar-refractivity contribution in [1.29, 1.82) is 0 Å². The Morgan fingerprint density at radius 1 is 1.23 bits per heavy atom. The van der Waals surface area contributed by atoms with Crippen LogP contribution in [-0.4, -0.2) is 59.1 Å². The number of nitrogens with zero attached hydrogens (tertiary/aromatic N) is 2. The number of amides is 4. The van der Waals surface area contributed by atoms with Crippen LogP contribution in [0.3, 0.4) is 0 Å². The van der Waals surface area contributed by atoms with E-state index in [0.717, 1.165) is 10.6 Å². The van der Waals surface area contributed by atoms with Gasteiger partial charge in [-0.2, -0.15) is 0 Å². The third-order valence-corrected chi connectivity index (χ3v) is 4.80. The number of hydrogen-bond donors (Lipinski definition) is 1. The van der Waals surface area contributed by atoms with E-state index < -0.39 is 0 Å². The first-order chi connectivity index (χ1) is 10.6. The molecule has 0 saturated carbocycles. The van der Waals surface area contributed by atoms with Crippen LogP contribution in [0.5, 0.6) is 0 Å². The molecule has 0 atom stereocenters. The first kappa shape index (κ1) is 14.9. The van der Waals surface area contributed by atoms with Crippen molar-refractivity contribution >= 4 is 29.6 Å². The van der Waals surface area contributed by atoms with Gasteiger partial charge in [-0.3, -0.25) is 14.5 Å². The lowest BCUT2D eigenvalue weighted by atomic mass is 10.1. The van der Waals surface area contributed by atoms with Gasteiger partial charge in [-0.25, -0.2) is 4.79 Å². The maximum Gasteiger partial charge on any atom is 0.324 e. The van der Waals surface area contributed by atoms with Crippen molar-refractivity contribution in [3.05, 3.63) is 30.3 Å². The Kier molecular flexibility index (Phi) is 4.33. The summed E-state index contributed by atoms with van der Waals surface area (Å²) in [5, 5.41) is 2.50. The average Bonchev–Trinajstić information content (AvgIpc) is 2.79. The Morgan fingerprint density at radius 3 is 2.59 bits per heavy atom. The zero-order chi connectivity index (χ0) is 15.5. The van der Waals surface area contributed by atoms with Crippen LogP contribution >= 0.6 is 11.8 Å². The molecule has 2 fully saturated rings. The normalized spacial score (nSPS) is 18.4. The number of thioether (sulfide) groups is 1. The summed E-state index contributed by atoms with van der Waals surface area (Å²) in [5.41, 5.74) is 0. The van der Waals surface area contributed by atoms with E-state index in [-0.39, 0.29) is 30.4 Å². The Hall–Kier alpha value is -2.02. The van der Waals surface area contributed by atoms with Crippen LogP contribution in [0, 0.1) is 0 Å². The Bertz CT molecular complexity index is 571.